The molecule has 3 fully saturated rings. The van der Waals surface area contributed by atoms with Crippen LogP contribution >= 0.6 is 0 Å². The van der Waals surface area contributed by atoms with Crippen molar-refractivity contribution in [2.75, 3.05) is 0 Å². The average molecular weight is 279 g/mol. The predicted molar refractivity (Wildman–Crippen MR) is 75.1 cm³/mol. The molecule has 1 amide bonds. The number of carboxylic acids is 1. The molecule has 0 aromatic rings. The zero-order valence-corrected chi connectivity index (χ0v) is 12.4. The molecule has 2 bridgehead atoms. The Morgan fingerprint density at radius 3 is 2.05 bits per heavy atom. The Hall–Kier alpha value is -1.06. The first-order valence-corrected chi connectivity index (χ1v) is 8.05. The van der Waals surface area contributed by atoms with Crippen molar-refractivity contribution in [2.24, 2.45) is 23.7 Å². The first-order chi connectivity index (χ1) is 9.50. The molecule has 112 valence electrons. The summed E-state index contributed by atoms with van der Waals surface area (Å²) in [5.74, 6) is -0.759. The minimum Gasteiger partial charge on any atom is -0.481 e. The molecule has 1 N–H and O–H groups in total. The molecule has 0 radical (unpaired) electrons. The minimum atomic E-state index is -0.757. The van der Waals surface area contributed by atoms with Crippen LogP contribution in [0.25, 0.3) is 0 Å². The van der Waals surface area contributed by atoms with Gasteiger partial charge in [0.25, 0.3) is 0 Å². The van der Waals surface area contributed by atoms with Crippen molar-refractivity contribution in [3.05, 3.63) is 0 Å². The smallest absolute Gasteiger partial charge is 0.307 e. The summed E-state index contributed by atoms with van der Waals surface area (Å²) in [6.07, 6.45) is 6.26. The first-order valence-electron chi connectivity index (χ1n) is 8.05. The van der Waals surface area contributed by atoms with Crippen LogP contribution in [-0.2, 0) is 9.59 Å². The molecule has 0 aromatic carbocycles. The lowest BCUT2D eigenvalue weighted by Crippen LogP contribution is -2.52. The predicted octanol–water partition coefficient (Wildman–Crippen LogP) is 2.52. The second-order valence-corrected chi connectivity index (χ2v) is 7.10. The first kappa shape index (κ1) is 13.9. The summed E-state index contributed by atoms with van der Waals surface area (Å²) in [6, 6.07) is 0.527. The van der Waals surface area contributed by atoms with Gasteiger partial charge in [0.15, 0.2) is 0 Å². The van der Waals surface area contributed by atoms with Crippen LogP contribution in [0.3, 0.4) is 0 Å². The van der Waals surface area contributed by atoms with E-state index in [0.717, 1.165) is 32.1 Å². The van der Waals surface area contributed by atoms with E-state index in [9.17, 15) is 14.7 Å². The van der Waals surface area contributed by atoms with Crippen LogP contribution in [0, 0.1) is 23.7 Å². The van der Waals surface area contributed by atoms with Crippen molar-refractivity contribution in [3.8, 4) is 0 Å². The number of carbonyl (C=O) groups is 2. The molecule has 2 saturated carbocycles. The van der Waals surface area contributed by atoms with Crippen molar-refractivity contribution < 1.29 is 14.7 Å². The highest BCUT2D eigenvalue weighted by atomic mass is 16.4. The molecule has 0 aromatic heterocycles. The fourth-order valence-electron chi connectivity index (χ4n) is 5.03. The Morgan fingerprint density at radius 1 is 0.950 bits per heavy atom. The van der Waals surface area contributed by atoms with Gasteiger partial charge in [-0.3, -0.25) is 9.59 Å². The van der Waals surface area contributed by atoms with Gasteiger partial charge >= 0.3 is 5.97 Å². The van der Waals surface area contributed by atoms with E-state index in [2.05, 4.69) is 13.8 Å². The highest BCUT2D eigenvalue weighted by Crippen LogP contribution is 2.53. The van der Waals surface area contributed by atoms with Gasteiger partial charge in [-0.1, -0.05) is 0 Å². The summed E-state index contributed by atoms with van der Waals surface area (Å²) in [5, 5.41) is 9.51. The van der Waals surface area contributed by atoms with Gasteiger partial charge in [0.2, 0.25) is 5.91 Å². The largest absolute Gasteiger partial charge is 0.481 e. The number of nitrogens with zero attached hydrogens (tertiary/aromatic N) is 1. The number of rotatable bonds is 2. The van der Waals surface area contributed by atoms with Crippen molar-refractivity contribution in [1.29, 1.82) is 0 Å². The highest BCUT2D eigenvalue weighted by Gasteiger charge is 2.55. The fourth-order valence-corrected chi connectivity index (χ4v) is 5.03. The molecule has 4 nitrogen and oxygen atoms in total. The minimum absolute atomic E-state index is 0.129. The lowest BCUT2D eigenvalue weighted by Gasteiger charge is -2.42. The molecule has 2 aliphatic carbocycles. The number of carboxylic acid groups (broad SMARTS) is 1. The maximum atomic E-state index is 13.0. The molecule has 1 heterocycles. The fraction of sp³-hybridized carbons (Fsp3) is 0.875. The SMILES string of the molecule is C[C@@H]1CCC[C@H](C)N1C(=O)[C@@H]1[C@H]2CC[C@@H](C2)[C@@H]1C(=O)O. The third-order valence-electron chi connectivity index (χ3n) is 5.93. The Kier molecular flexibility index (Phi) is 3.51. The molecular formula is C16H25NO3. The van der Waals surface area contributed by atoms with E-state index < -0.39 is 11.9 Å². The topological polar surface area (TPSA) is 57.6 Å². The number of hydrogen-bond acceptors (Lipinski definition) is 2. The summed E-state index contributed by atoms with van der Waals surface area (Å²) in [4.78, 5) is 26.6. The molecule has 6 atom stereocenters. The van der Waals surface area contributed by atoms with Crippen LogP contribution < -0.4 is 0 Å². The van der Waals surface area contributed by atoms with Gasteiger partial charge in [0.05, 0.1) is 11.8 Å². The highest BCUT2D eigenvalue weighted by molar-refractivity contribution is 5.86. The third-order valence-corrected chi connectivity index (χ3v) is 5.93. The van der Waals surface area contributed by atoms with Crippen LogP contribution in [0.4, 0.5) is 0 Å². The number of hydrogen-bond donors (Lipinski definition) is 1. The zero-order chi connectivity index (χ0) is 14.4. The van der Waals surface area contributed by atoms with Gasteiger partial charge in [0.1, 0.15) is 0 Å². The van der Waals surface area contributed by atoms with E-state index in [1.807, 2.05) is 4.90 Å². The molecular weight excluding hydrogens is 254 g/mol. The van der Waals surface area contributed by atoms with Crippen LogP contribution in [0.15, 0.2) is 0 Å². The summed E-state index contributed by atoms with van der Waals surface area (Å²) in [5.41, 5.74) is 0. The maximum Gasteiger partial charge on any atom is 0.307 e. The van der Waals surface area contributed by atoms with E-state index in [0.29, 0.717) is 5.92 Å². The molecule has 4 heteroatoms. The quantitative estimate of drug-likeness (QED) is 0.845. The van der Waals surface area contributed by atoms with E-state index >= 15 is 0 Å². The van der Waals surface area contributed by atoms with Gasteiger partial charge in [-0.2, -0.15) is 0 Å². The van der Waals surface area contributed by atoms with Crippen molar-refractivity contribution in [2.45, 2.75) is 64.5 Å². The molecule has 20 heavy (non-hydrogen) atoms. The normalized spacial score (nSPS) is 43.8. The summed E-state index contributed by atoms with van der Waals surface area (Å²) in [6.45, 7) is 4.22. The van der Waals surface area contributed by atoms with Crippen LogP contribution in [0.5, 0.6) is 0 Å². The molecule has 0 unspecified atom stereocenters. The van der Waals surface area contributed by atoms with Gasteiger partial charge < -0.3 is 10.0 Å². The number of piperidine rings is 1. The van der Waals surface area contributed by atoms with Crippen molar-refractivity contribution in [3.63, 3.8) is 0 Å². The van der Waals surface area contributed by atoms with Gasteiger partial charge in [-0.05, 0) is 64.2 Å². The van der Waals surface area contributed by atoms with Crippen LogP contribution in [0.2, 0.25) is 0 Å². The Morgan fingerprint density at radius 2 is 1.50 bits per heavy atom. The second kappa shape index (κ2) is 5.05. The van der Waals surface area contributed by atoms with E-state index in [4.69, 9.17) is 0 Å². The lowest BCUT2D eigenvalue weighted by molar-refractivity contribution is -0.155. The number of likely N-dealkylation sites (tertiary alicyclic amines) is 1. The summed E-state index contributed by atoms with van der Waals surface area (Å²) in [7, 11) is 0. The van der Waals surface area contributed by atoms with E-state index in [1.54, 1.807) is 0 Å². The maximum absolute atomic E-state index is 13.0. The molecule has 3 aliphatic rings. The Labute approximate surface area is 120 Å². The number of carbonyl (C=O) groups excluding carboxylic acids is 1. The van der Waals surface area contributed by atoms with Gasteiger partial charge in [0, 0.05) is 12.1 Å². The third kappa shape index (κ3) is 2.04. The molecule has 3 rings (SSSR count). The summed E-state index contributed by atoms with van der Waals surface area (Å²) >= 11 is 0. The van der Waals surface area contributed by atoms with E-state index in [1.165, 1.54) is 6.42 Å². The average Bonchev–Trinajstić information content (AvgIpc) is 2.98. The molecule has 1 aliphatic heterocycles. The number of amides is 1. The molecule has 0 spiro atoms. The Balaban J connectivity index is 1.83. The van der Waals surface area contributed by atoms with Gasteiger partial charge in [-0.25, -0.2) is 0 Å². The Bertz CT molecular complexity index is 412. The van der Waals surface area contributed by atoms with Gasteiger partial charge in [-0.15, -0.1) is 0 Å². The zero-order valence-electron chi connectivity index (χ0n) is 12.4. The second-order valence-electron chi connectivity index (χ2n) is 7.10. The van der Waals surface area contributed by atoms with Crippen LogP contribution in [0.1, 0.15) is 52.4 Å². The molecule has 1 saturated heterocycles. The summed E-state index contributed by atoms with van der Waals surface area (Å²) < 4.78 is 0. The standard InChI is InChI=1S/C16H25NO3/c1-9-4-3-5-10(2)17(9)15(18)13-11-6-7-12(8-11)14(13)16(19)20/h9-14H,3-8H2,1-2H3,(H,19,20)/t9-,10+,11-,12-,13+,14-/m0/s1. The van der Waals surface area contributed by atoms with Crippen molar-refractivity contribution in [1.82, 2.24) is 4.90 Å². The number of fused-ring (bicyclic) bond motifs is 2. The monoisotopic (exact) mass is 279 g/mol. The number of aliphatic carboxylic acids is 1. The van der Waals surface area contributed by atoms with Crippen molar-refractivity contribution >= 4 is 11.9 Å². The van der Waals surface area contributed by atoms with E-state index in [-0.39, 0.29) is 29.8 Å². The van der Waals surface area contributed by atoms with Crippen LogP contribution in [-0.4, -0.2) is 34.0 Å². The lowest BCUT2D eigenvalue weighted by atomic mass is 9.77.